The van der Waals surface area contributed by atoms with Crippen LogP contribution < -0.4 is 5.56 Å². The molecule has 0 fully saturated rings. The summed E-state index contributed by atoms with van der Waals surface area (Å²) >= 11 is 0. The molecule has 0 aliphatic carbocycles. The van der Waals surface area contributed by atoms with E-state index < -0.39 is 34.8 Å². The fraction of sp³-hybridized carbons (Fsp3) is 0.0769. The number of carbonyl (C=O) groups is 1. The van der Waals surface area contributed by atoms with Crippen LogP contribution >= 0.6 is 0 Å². The van der Waals surface area contributed by atoms with Gasteiger partial charge in [0.25, 0.3) is 5.56 Å². The summed E-state index contributed by atoms with van der Waals surface area (Å²) in [6, 6.07) is 3.36. The van der Waals surface area contributed by atoms with E-state index >= 15 is 0 Å². The molecule has 0 amide bonds. The molecule has 8 heteroatoms. The molecule has 0 aliphatic rings. The number of rotatable bonds is 2. The number of nitrogens with zero attached hydrogens (tertiary/aromatic N) is 1. The first-order valence-electron chi connectivity index (χ1n) is 5.53. The second-order valence-electron chi connectivity index (χ2n) is 4.10. The number of aromatic nitrogens is 1. The van der Waals surface area contributed by atoms with Gasteiger partial charge in [-0.25, -0.2) is 9.18 Å². The van der Waals surface area contributed by atoms with E-state index in [1.54, 1.807) is 0 Å². The van der Waals surface area contributed by atoms with E-state index in [-0.39, 0.29) is 5.56 Å². The number of hydrogen-bond acceptors (Lipinski definition) is 2. The Kier molecular flexibility index (Phi) is 3.54. The van der Waals surface area contributed by atoms with Crippen molar-refractivity contribution in [2.75, 3.05) is 0 Å². The summed E-state index contributed by atoms with van der Waals surface area (Å²) in [5.41, 5.74) is -3.02. The monoisotopic (exact) mass is 301 g/mol. The van der Waals surface area contributed by atoms with Crippen LogP contribution in [0.3, 0.4) is 0 Å². The van der Waals surface area contributed by atoms with Crippen molar-refractivity contribution in [3.05, 3.63) is 63.8 Å². The van der Waals surface area contributed by atoms with E-state index in [4.69, 9.17) is 5.11 Å². The lowest BCUT2D eigenvalue weighted by atomic mass is 10.1. The Morgan fingerprint density at radius 2 is 1.81 bits per heavy atom. The fourth-order valence-electron chi connectivity index (χ4n) is 1.68. The summed E-state index contributed by atoms with van der Waals surface area (Å²) in [6.07, 6.45) is -3.94. The van der Waals surface area contributed by atoms with Crippen LogP contribution in [-0.2, 0) is 6.18 Å². The van der Waals surface area contributed by atoms with E-state index in [1.165, 1.54) is 0 Å². The molecule has 0 radical (unpaired) electrons. The van der Waals surface area contributed by atoms with Crippen LogP contribution in [0.5, 0.6) is 0 Å². The molecule has 110 valence electrons. The number of benzene rings is 1. The van der Waals surface area contributed by atoms with Gasteiger partial charge in [-0.1, -0.05) is 0 Å². The van der Waals surface area contributed by atoms with Crippen LogP contribution in [0.4, 0.5) is 17.6 Å². The molecule has 2 aromatic rings. The summed E-state index contributed by atoms with van der Waals surface area (Å²) in [5.74, 6) is -2.47. The Hall–Kier alpha value is -2.64. The minimum Gasteiger partial charge on any atom is -0.478 e. The van der Waals surface area contributed by atoms with Gasteiger partial charge >= 0.3 is 12.1 Å². The van der Waals surface area contributed by atoms with Gasteiger partial charge in [-0.3, -0.25) is 9.36 Å². The largest absolute Gasteiger partial charge is 0.478 e. The third-order valence-corrected chi connectivity index (χ3v) is 2.69. The average molecular weight is 301 g/mol. The van der Waals surface area contributed by atoms with Gasteiger partial charge in [-0.15, -0.1) is 0 Å². The second-order valence-corrected chi connectivity index (χ2v) is 4.10. The van der Waals surface area contributed by atoms with E-state index in [0.29, 0.717) is 22.8 Å². The van der Waals surface area contributed by atoms with Crippen LogP contribution in [0.1, 0.15) is 15.9 Å². The molecule has 1 N–H and O–H groups in total. The smallest absolute Gasteiger partial charge is 0.416 e. The topological polar surface area (TPSA) is 59.3 Å². The van der Waals surface area contributed by atoms with Crippen LogP contribution in [0.2, 0.25) is 0 Å². The standard InChI is InChI=1S/C13H7F4NO3/c14-9-3-2-8(13(15,16)17)5-10(9)18-6-7(12(20)21)1-4-11(18)19/h1-6H,(H,20,21). The normalized spacial score (nSPS) is 11.4. The van der Waals surface area contributed by atoms with Crippen LogP contribution in [0.15, 0.2) is 41.3 Å². The molecule has 1 aromatic heterocycles. The summed E-state index contributed by atoms with van der Waals surface area (Å²) in [7, 11) is 0. The number of alkyl halides is 3. The van der Waals surface area contributed by atoms with Gasteiger partial charge < -0.3 is 5.11 Å². The lowest BCUT2D eigenvalue weighted by molar-refractivity contribution is -0.137. The first-order chi connectivity index (χ1) is 9.70. The first kappa shape index (κ1) is 14.8. The highest BCUT2D eigenvalue weighted by atomic mass is 19.4. The van der Waals surface area contributed by atoms with Crippen LogP contribution in [0, 0.1) is 5.82 Å². The first-order valence-corrected chi connectivity index (χ1v) is 5.53. The fourth-order valence-corrected chi connectivity index (χ4v) is 1.68. The molecular formula is C13H7F4NO3. The maximum atomic E-state index is 13.7. The minimum atomic E-state index is -4.71. The molecule has 21 heavy (non-hydrogen) atoms. The van der Waals surface area contributed by atoms with Crippen molar-refractivity contribution >= 4 is 5.97 Å². The van der Waals surface area contributed by atoms with Crippen molar-refractivity contribution in [3.63, 3.8) is 0 Å². The third kappa shape index (κ3) is 2.93. The molecule has 0 unspecified atom stereocenters. The van der Waals surface area contributed by atoms with Crippen LogP contribution in [0.25, 0.3) is 5.69 Å². The lowest BCUT2D eigenvalue weighted by Gasteiger charge is -2.12. The molecule has 4 nitrogen and oxygen atoms in total. The SMILES string of the molecule is O=C(O)c1ccc(=O)n(-c2cc(C(F)(F)F)ccc2F)c1. The van der Waals surface area contributed by atoms with Gasteiger partial charge in [0.2, 0.25) is 0 Å². The van der Waals surface area contributed by atoms with Crippen molar-refractivity contribution in [3.8, 4) is 5.69 Å². The van der Waals surface area contributed by atoms with Gasteiger partial charge in [0, 0.05) is 12.3 Å². The predicted molar refractivity (Wildman–Crippen MR) is 64.0 cm³/mol. The number of pyridine rings is 1. The van der Waals surface area contributed by atoms with Crippen molar-refractivity contribution in [2.45, 2.75) is 6.18 Å². The highest BCUT2D eigenvalue weighted by Crippen LogP contribution is 2.31. The Balaban J connectivity index is 2.69. The van der Waals surface area contributed by atoms with E-state index in [0.717, 1.165) is 18.3 Å². The van der Waals surface area contributed by atoms with Crippen molar-refractivity contribution in [1.29, 1.82) is 0 Å². The maximum Gasteiger partial charge on any atom is 0.416 e. The van der Waals surface area contributed by atoms with Crippen molar-refractivity contribution in [1.82, 2.24) is 4.57 Å². The maximum absolute atomic E-state index is 13.7. The zero-order chi connectivity index (χ0) is 15.8. The van der Waals surface area contributed by atoms with Gasteiger partial charge in [0.15, 0.2) is 0 Å². The Morgan fingerprint density at radius 3 is 2.38 bits per heavy atom. The van der Waals surface area contributed by atoms with Gasteiger partial charge in [0.1, 0.15) is 5.82 Å². The molecule has 0 saturated heterocycles. The van der Waals surface area contributed by atoms with Gasteiger partial charge in [-0.2, -0.15) is 13.2 Å². The molecule has 1 aromatic carbocycles. The number of hydrogen-bond donors (Lipinski definition) is 1. The van der Waals surface area contributed by atoms with Gasteiger partial charge in [-0.05, 0) is 24.3 Å². The molecule has 0 spiro atoms. The molecule has 0 saturated carbocycles. The van der Waals surface area contributed by atoms with Gasteiger partial charge in [0.05, 0.1) is 16.8 Å². The zero-order valence-corrected chi connectivity index (χ0v) is 10.2. The van der Waals surface area contributed by atoms with Crippen LogP contribution in [-0.4, -0.2) is 15.6 Å². The van der Waals surface area contributed by atoms with E-state index in [1.807, 2.05) is 0 Å². The quantitative estimate of drug-likeness (QED) is 0.868. The summed E-state index contributed by atoms with van der Waals surface area (Å²) in [4.78, 5) is 22.4. The zero-order valence-electron chi connectivity index (χ0n) is 10.2. The van der Waals surface area contributed by atoms with Crippen molar-refractivity contribution in [2.24, 2.45) is 0 Å². The number of halogens is 4. The summed E-state index contributed by atoms with van der Waals surface area (Å²) in [6.45, 7) is 0. The molecule has 0 aliphatic heterocycles. The minimum absolute atomic E-state index is 0.355. The molecule has 0 atom stereocenters. The summed E-state index contributed by atoms with van der Waals surface area (Å²) < 4.78 is 52.1. The molecular weight excluding hydrogens is 294 g/mol. The average Bonchev–Trinajstić information content (AvgIpc) is 2.38. The van der Waals surface area contributed by atoms with E-state index in [9.17, 15) is 27.2 Å². The number of carboxylic acids is 1. The number of aromatic carboxylic acids is 1. The Labute approximate surface area is 114 Å². The second kappa shape index (κ2) is 5.04. The van der Waals surface area contributed by atoms with E-state index in [2.05, 4.69) is 0 Å². The highest BCUT2D eigenvalue weighted by molar-refractivity contribution is 5.87. The Morgan fingerprint density at radius 1 is 1.14 bits per heavy atom. The number of carboxylic acid groups (broad SMARTS) is 1. The molecule has 1 heterocycles. The highest BCUT2D eigenvalue weighted by Gasteiger charge is 2.31. The summed E-state index contributed by atoms with van der Waals surface area (Å²) in [5, 5.41) is 8.81. The van der Waals surface area contributed by atoms with Crippen molar-refractivity contribution < 1.29 is 27.5 Å². The predicted octanol–water partition coefficient (Wildman–Crippen LogP) is 2.69. The molecule has 2 rings (SSSR count). The molecule has 0 bridgehead atoms. The lowest BCUT2D eigenvalue weighted by Crippen LogP contribution is -2.20. The Bertz CT molecular complexity index is 765. The third-order valence-electron chi connectivity index (χ3n) is 2.69.